The molecule has 4 nitrogen and oxygen atoms in total. The van der Waals surface area contributed by atoms with Crippen LogP contribution in [0.2, 0.25) is 0 Å². The van der Waals surface area contributed by atoms with Gasteiger partial charge in [0.25, 0.3) is 5.91 Å². The Morgan fingerprint density at radius 1 is 0.750 bits per heavy atom. The van der Waals surface area contributed by atoms with Gasteiger partial charge in [-0.15, -0.1) is 0 Å². The summed E-state index contributed by atoms with van der Waals surface area (Å²) in [6.07, 6.45) is 11.8. The van der Waals surface area contributed by atoms with E-state index in [1.54, 1.807) is 0 Å². The average molecular weight is 287 g/mol. The lowest BCUT2D eigenvalue weighted by Gasteiger charge is -2.18. The van der Waals surface area contributed by atoms with Crippen LogP contribution in [0.4, 0.5) is 0 Å². The first-order chi connectivity index (χ1) is 9.76. The van der Waals surface area contributed by atoms with Crippen molar-refractivity contribution >= 4 is 5.91 Å². The molecule has 0 unspecified atom stereocenters. The van der Waals surface area contributed by atoms with E-state index in [0.29, 0.717) is 19.6 Å². The number of nitrogens with zero attached hydrogens (tertiary/aromatic N) is 1. The summed E-state index contributed by atoms with van der Waals surface area (Å²) in [6.45, 7) is 6.83. The number of rotatable bonds is 14. The fourth-order valence-corrected chi connectivity index (χ4v) is 2.09. The van der Waals surface area contributed by atoms with Gasteiger partial charge in [0, 0.05) is 6.42 Å². The lowest BCUT2D eigenvalue weighted by molar-refractivity contribution is -0.338. The summed E-state index contributed by atoms with van der Waals surface area (Å²) < 4.78 is 0. The maximum Gasteiger partial charge on any atom is 0.273 e. The second-order valence-electron chi connectivity index (χ2n) is 5.06. The van der Waals surface area contributed by atoms with E-state index >= 15 is 0 Å². The molecule has 0 aromatic heterocycles. The van der Waals surface area contributed by atoms with Gasteiger partial charge in [0.05, 0.1) is 13.2 Å². The van der Waals surface area contributed by atoms with Gasteiger partial charge in [0.15, 0.2) is 0 Å². The first-order valence-electron chi connectivity index (χ1n) is 8.35. The van der Waals surface area contributed by atoms with Crippen LogP contribution in [0.1, 0.15) is 85.0 Å². The number of unbranched alkanes of at least 4 members (excludes halogenated alkanes) is 8. The number of hydroxylamine groups is 2. The molecule has 1 amide bonds. The molecule has 0 aliphatic heterocycles. The van der Waals surface area contributed by atoms with Crippen LogP contribution in [0.15, 0.2) is 0 Å². The highest BCUT2D eigenvalue weighted by Gasteiger charge is 2.13. The third-order valence-electron chi connectivity index (χ3n) is 3.19. The molecule has 20 heavy (non-hydrogen) atoms. The van der Waals surface area contributed by atoms with Gasteiger partial charge in [0.2, 0.25) is 0 Å². The zero-order valence-corrected chi connectivity index (χ0v) is 13.7. The minimum Gasteiger partial charge on any atom is -0.270 e. The Labute approximate surface area is 124 Å². The maximum atomic E-state index is 11.8. The largest absolute Gasteiger partial charge is 0.273 e. The van der Waals surface area contributed by atoms with Crippen molar-refractivity contribution in [2.75, 3.05) is 13.2 Å². The van der Waals surface area contributed by atoms with Crippen LogP contribution < -0.4 is 0 Å². The Bertz CT molecular complexity index is 216. The number of amides is 1. The monoisotopic (exact) mass is 287 g/mol. The predicted molar refractivity (Wildman–Crippen MR) is 81.9 cm³/mol. The summed E-state index contributed by atoms with van der Waals surface area (Å²) in [5.74, 6) is -0.0726. The van der Waals surface area contributed by atoms with Gasteiger partial charge < -0.3 is 0 Å². The van der Waals surface area contributed by atoms with Crippen molar-refractivity contribution in [2.24, 2.45) is 0 Å². The normalized spacial score (nSPS) is 10.8. The molecule has 0 saturated carbocycles. The molecule has 0 aliphatic carbocycles. The third kappa shape index (κ3) is 11.2. The minimum absolute atomic E-state index is 0.0726. The molecule has 120 valence electrons. The highest BCUT2D eigenvalue weighted by molar-refractivity contribution is 5.73. The number of hydrogen-bond acceptors (Lipinski definition) is 3. The second kappa shape index (κ2) is 14.8. The van der Waals surface area contributed by atoms with Gasteiger partial charge >= 0.3 is 0 Å². The second-order valence-corrected chi connectivity index (χ2v) is 5.06. The van der Waals surface area contributed by atoms with Gasteiger partial charge in [-0.2, -0.15) is 0 Å². The molecule has 0 N–H and O–H groups in total. The molecule has 0 saturated heterocycles. The molecule has 0 rings (SSSR count). The summed E-state index contributed by atoms with van der Waals surface area (Å²) in [5.41, 5.74) is 0. The Hall–Kier alpha value is -0.610. The fourth-order valence-electron chi connectivity index (χ4n) is 2.09. The highest BCUT2D eigenvalue weighted by atomic mass is 17.0. The Morgan fingerprint density at radius 2 is 1.20 bits per heavy atom. The van der Waals surface area contributed by atoms with Crippen molar-refractivity contribution in [1.29, 1.82) is 0 Å². The van der Waals surface area contributed by atoms with Gasteiger partial charge in [-0.3, -0.25) is 4.79 Å². The van der Waals surface area contributed by atoms with E-state index < -0.39 is 0 Å². The number of hydrogen-bond donors (Lipinski definition) is 0. The van der Waals surface area contributed by atoms with Crippen molar-refractivity contribution in [3.05, 3.63) is 0 Å². The smallest absolute Gasteiger partial charge is 0.270 e. The van der Waals surface area contributed by atoms with Crippen molar-refractivity contribution in [3.8, 4) is 0 Å². The van der Waals surface area contributed by atoms with Crippen molar-refractivity contribution in [3.63, 3.8) is 0 Å². The molecule has 0 bridgehead atoms. The molecule has 4 heteroatoms. The number of carbonyl (C=O) groups excluding carboxylic acids is 1. The third-order valence-corrected chi connectivity index (χ3v) is 3.19. The summed E-state index contributed by atoms with van der Waals surface area (Å²) in [7, 11) is 0. The molecular weight excluding hydrogens is 254 g/mol. The van der Waals surface area contributed by atoms with Gasteiger partial charge in [-0.05, 0) is 20.3 Å². The molecule has 0 fully saturated rings. The molecule has 0 aromatic rings. The van der Waals surface area contributed by atoms with Crippen LogP contribution in [-0.2, 0) is 14.5 Å². The number of carbonyl (C=O) groups is 1. The Morgan fingerprint density at radius 3 is 1.65 bits per heavy atom. The average Bonchev–Trinajstić information content (AvgIpc) is 2.45. The minimum atomic E-state index is -0.0726. The summed E-state index contributed by atoms with van der Waals surface area (Å²) in [5, 5.41) is 1.05. The Balaban J connectivity index is 3.45. The zero-order chi connectivity index (χ0) is 15.1. The van der Waals surface area contributed by atoms with E-state index in [-0.39, 0.29) is 5.91 Å². The first-order valence-corrected chi connectivity index (χ1v) is 8.35. The van der Waals surface area contributed by atoms with Crippen molar-refractivity contribution < 1.29 is 14.5 Å². The standard InChI is InChI=1S/C16H33NO3/c1-4-7-8-9-10-11-12-13-14-15-16(18)17(19-5-2)20-6-3/h4-15H2,1-3H3. The lowest BCUT2D eigenvalue weighted by Crippen LogP contribution is -2.31. The molecule has 0 aliphatic rings. The first kappa shape index (κ1) is 19.4. The van der Waals surface area contributed by atoms with Crippen LogP contribution in [0.25, 0.3) is 0 Å². The van der Waals surface area contributed by atoms with Gasteiger partial charge in [0.1, 0.15) is 0 Å². The van der Waals surface area contributed by atoms with E-state index in [0.717, 1.165) is 18.1 Å². The van der Waals surface area contributed by atoms with Crippen LogP contribution in [-0.4, -0.2) is 24.3 Å². The molecule has 0 radical (unpaired) electrons. The van der Waals surface area contributed by atoms with Crippen LogP contribution in [0.3, 0.4) is 0 Å². The highest BCUT2D eigenvalue weighted by Crippen LogP contribution is 2.11. The molecule has 0 aromatic carbocycles. The van der Waals surface area contributed by atoms with E-state index in [2.05, 4.69) is 6.92 Å². The summed E-state index contributed by atoms with van der Waals surface area (Å²) in [4.78, 5) is 22.1. The predicted octanol–water partition coefficient (Wildman–Crippen LogP) is 4.64. The van der Waals surface area contributed by atoms with Crippen LogP contribution >= 0.6 is 0 Å². The zero-order valence-electron chi connectivity index (χ0n) is 13.7. The van der Waals surface area contributed by atoms with Crippen molar-refractivity contribution in [2.45, 2.75) is 85.0 Å². The van der Waals surface area contributed by atoms with E-state index in [1.807, 2.05) is 13.8 Å². The molecule has 0 heterocycles. The fraction of sp³-hybridized carbons (Fsp3) is 0.938. The topological polar surface area (TPSA) is 38.8 Å². The van der Waals surface area contributed by atoms with Crippen molar-refractivity contribution in [1.82, 2.24) is 5.23 Å². The van der Waals surface area contributed by atoms with Crippen LogP contribution in [0.5, 0.6) is 0 Å². The SMILES string of the molecule is CCCCCCCCCCCC(=O)N(OCC)OCC. The molecular formula is C16H33NO3. The van der Waals surface area contributed by atoms with E-state index in [4.69, 9.17) is 9.68 Å². The molecule has 0 spiro atoms. The lowest BCUT2D eigenvalue weighted by atomic mass is 10.1. The Kier molecular flexibility index (Phi) is 14.3. The van der Waals surface area contributed by atoms with Gasteiger partial charge in [-0.1, -0.05) is 63.5 Å². The van der Waals surface area contributed by atoms with E-state index in [9.17, 15) is 4.79 Å². The maximum absolute atomic E-state index is 11.8. The summed E-state index contributed by atoms with van der Waals surface area (Å²) in [6, 6.07) is 0. The molecule has 0 atom stereocenters. The van der Waals surface area contributed by atoms with E-state index in [1.165, 1.54) is 44.9 Å². The summed E-state index contributed by atoms with van der Waals surface area (Å²) >= 11 is 0. The quantitative estimate of drug-likeness (QED) is 0.345. The van der Waals surface area contributed by atoms with Gasteiger partial charge in [-0.25, -0.2) is 9.68 Å². The van der Waals surface area contributed by atoms with Crippen LogP contribution in [0, 0.1) is 0 Å².